The van der Waals surface area contributed by atoms with Crippen LogP contribution in [0.1, 0.15) is 40.0 Å². The first-order chi connectivity index (χ1) is 5.10. The smallest absolute Gasteiger partial charge is 0.146 e. The van der Waals surface area contributed by atoms with E-state index in [1.165, 1.54) is 0 Å². The van der Waals surface area contributed by atoms with Crippen LogP contribution in [-0.4, -0.2) is 22.3 Å². The molecule has 0 heterocycles. The van der Waals surface area contributed by atoms with Crippen LogP contribution in [-0.2, 0) is 4.43 Å². The third-order valence-corrected chi connectivity index (χ3v) is 3.24. The van der Waals surface area contributed by atoms with Gasteiger partial charge in [0.15, 0.2) is 0 Å². The molecule has 0 aliphatic rings. The SMILES string of the molecule is CCC(CC)(CC(C)F)O[SiH3]. The van der Waals surface area contributed by atoms with Gasteiger partial charge in [0.1, 0.15) is 16.7 Å². The van der Waals surface area contributed by atoms with Crippen LogP contribution in [0.15, 0.2) is 0 Å². The van der Waals surface area contributed by atoms with E-state index in [0.29, 0.717) is 16.9 Å². The molecule has 0 amide bonds. The molecule has 1 atom stereocenters. The Morgan fingerprint density at radius 3 is 2.00 bits per heavy atom. The lowest BCUT2D eigenvalue weighted by molar-refractivity contribution is 0.0382. The molecule has 0 bridgehead atoms. The van der Waals surface area contributed by atoms with Crippen molar-refractivity contribution in [2.75, 3.05) is 0 Å². The molecule has 0 spiro atoms. The summed E-state index contributed by atoms with van der Waals surface area (Å²) in [6.07, 6.45) is 1.63. The molecule has 68 valence electrons. The molecule has 0 aromatic carbocycles. The first-order valence-electron chi connectivity index (χ1n) is 4.29. The predicted octanol–water partition coefficient (Wildman–Crippen LogP) is 1.59. The summed E-state index contributed by atoms with van der Waals surface area (Å²) < 4.78 is 18.1. The van der Waals surface area contributed by atoms with Crippen molar-refractivity contribution in [3.05, 3.63) is 0 Å². The van der Waals surface area contributed by atoms with Gasteiger partial charge in [-0.25, -0.2) is 4.39 Å². The minimum absolute atomic E-state index is 0.166. The average molecular weight is 178 g/mol. The molecule has 0 N–H and O–H groups in total. The van der Waals surface area contributed by atoms with Crippen LogP contribution in [0.5, 0.6) is 0 Å². The zero-order valence-electron chi connectivity index (χ0n) is 7.98. The van der Waals surface area contributed by atoms with E-state index < -0.39 is 6.17 Å². The third kappa shape index (κ3) is 3.34. The highest BCUT2D eigenvalue weighted by molar-refractivity contribution is 5.98. The van der Waals surface area contributed by atoms with Crippen molar-refractivity contribution in [3.63, 3.8) is 0 Å². The summed E-state index contributed by atoms with van der Waals surface area (Å²) >= 11 is 0. The Balaban J connectivity index is 4.05. The monoisotopic (exact) mass is 178 g/mol. The Hall–Kier alpha value is 0.107. The van der Waals surface area contributed by atoms with Crippen molar-refractivity contribution in [1.29, 1.82) is 0 Å². The van der Waals surface area contributed by atoms with Crippen LogP contribution >= 0.6 is 0 Å². The van der Waals surface area contributed by atoms with Crippen LogP contribution in [0.3, 0.4) is 0 Å². The zero-order chi connectivity index (χ0) is 8.91. The van der Waals surface area contributed by atoms with Gasteiger partial charge in [-0.1, -0.05) is 13.8 Å². The van der Waals surface area contributed by atoms with E-state index in [4.69, 9.17) is 4.43 Å². The minimum Gasteiger partial charge on any atom is -0.422 e. The van der Waals surface area contributed by atoms with E-state index in [1.54, 1.807) is 6.92 Å². The molecule has 0 aliphatic heterocycles. The van der Waals surface area contributed by atoms with Gasteiger partial charge < -0.3 is 4.43 Å². The molecule has 0 radical (unpaired) electrons. The first-order valence-corrected chi connectivity index (χ1v) is 5.11. The van der Waals surface area contributed by atoms with Gasteiger partial charge in [-0.2, -0.15) is 0 Å². The normalized spacial score (nSPS) is 15.3. The fraction of sp³-hybridized carbons (Fsp3) is 1.00. The van der Waals surface area contributed by atoms with Crippen molar-refractivity contribution >= 4 is 10.5 Å². The lowest BCUT2D eigenvalue weighted by Gasteiger charge is -2.31. The second kappa shape index (κ2) is 4.88. The van der Waals surface area contributed by atoms with Crippen molar-refractivity contribution in [3.8, 4) is 0 Å². The van der Waals surface area contributed by atoms with Gasteiger partial charge in [0.25, 0.3) is 0 Å². The quantitative estimate of drug-likeness (QED) is 0.581. The van der Waals surface area contributed by atoms with Gasteiger partial charge in [0.2, 0.25) is 0 Å². The van der Waals surface area contributed by atoms with Gasteiger partial charge in [-0.15, -0.1) is 0 Å². The number of hydrogen-bond acceptors (Lipinski definition) is 1. The summed E-state index contributed by atoms with van der Waals surface area (Å²) in [6.45, 7) is 5.72. The van der Waals surface area contributed by atoms with Crippen molar-refractivity contribution in [2.45, 2.75) is 51.8 Å². The van der Waals surface area contributed by atoms with E-state index >= 15 is 0 Å². The molecule has 11 heavy (non-hydrogen) atoms. The first kappa shape index (κ1) is 11.1. The van der Waals surface area contributed by atoms with Crippen molar-refractivity contribution in [2.24, 2.45) is 0 Å². The zero-order valence-corrected chi connectivity index (χ0v) is 9.98. The van der Waals surface area contributed by atoms with E-state index in [-0.39, 0.29) is 5.60 Å². The predicted molar refractivity (Wildman–Crippen MR) is 49.5 cm³/mol. The maximum atomic E-state index is 12.7. The Labute approximate surface area is 71.9 Å². The molecule has 0 fully saturated rings. The Kier molecular flexibility index (Phi) is 4.93. The van der Waals surface area contributed by atoms with Crippen LogP contribution in [0, 0.1) is 0 Å². The third-order valence-electron chi connectivity index (χ3n) is 2.37. The summed E-state index contributed by atoms with van der Waals surface area (Å²) in [6, 6.07) is 0. The highest BCUT2D eigenvalue weighted by Gasteiger charge is 2.26. The van der Waals surface area contributed by atoms with Crippen LogP contribution < -0.4 is 0 Å². The summed E-state index contributed by atoms with van der Waals surface area (Å²) in [5.41, 5.74) is -0.166. The lowest BCUT2D eigenvalue weighted by atomic mass is 9.92. The molecule has 0 aromatic rings. The van der Waals surface area contributed by atoms with E-state index in [9.17, 15) is 4.39 Å². The molecule has 0 saturated carbocycles. The average Bonchev–Trinajstić information content (AvgIpc) is 2.00. The maximum absolute atomic E-state index is 12.7. The Morgan fingerprint density at radius 2 is 1.91 bits per heavy atom. The molecule has 1 nitrogen and oxygen atoms in total. The minimum atomic E-state index is -0.746. The van der Waals surface area contributed by atoms with E-state index in [0.717, 1.165) is 12.8 Å². The Morgan fingerprint density at radius 1 is 1.45 bits per heavy atom. The molecule has 1 unspecified atom stereocenters. The Bertz CT molecular complexity index is 94.0. The number of alkyl halides is 1. The molecule has 0 saturated heterocycles. The number of rotatable bonds is 5. The molecule has 3 heteroatoms. The maximum Gasteiger partial charge on any atom is 0.146 e. The standard InChI is InChI=1S/C8H19FOSi/c1-4-8(5-2,10-11)6-7(3)9/h7H,4-6H2,1-3,11H3. The summed E-state index contributed by atoms with van der Waals surface area (Å²) in [5, 5.41) is 0. The number of halogens is 1. The summed E-state index contributed by atoms with van der Waals surface area (Å²) in [4.78, 5) is 0. The van der Waals surface area contributed by atoms with Gasteiger partial charge >= 0.3 is 0 Å². The molecule has 0 rings (SSSR count). The largest absolute Gasteiger partial charge is 0.422 e. The van der Waals surface area contributed by atoms with Crippen LogP contribution in [0.4, 0.5) is 4.39 Å². The summed E-state index contributed by atoms with van der Waals surface area (Å²) in [5.74, 6) is 0. The van der Waals surface area contributed by atoms with Gasteiger partial charge in [-0.3, -0.25) is 0 Å². The van der Waals surface area contributed by atoms with Crippen LogP contribution in [0.2, 0.25) is 0 Å². The van der Waals surface area contributed by atoms with E-state index in [1.807, 2.05) is 0 Å². The summed E-state index contributed by atoms with van der Waals surface area (Å²) in [7, 11) is 0.704. The van der Waals surface area contributed by atoms with E-state index in [2.05, 4.69) is 13.8 Å². The molecule has 0 aromatic heterocycles. The second-order valence-electron chi connectivity index (χ2n) is 3.08. The van der Waals surface area contributed by atoms with Gasteiger partial charge in [-0.05, 0) is 19.8 Å². The van der Waals surface area contributed by atoms with Crippen molar-refractivity contribution < 1.29 is 8.82 Å². The topological polar surface area (TPSA) is 9.23 Å². The molecular formula is C8H19FOSi. The van der Waals surface area contributed by atoms with Crippen molar-refractivity contribution in [1.82, 2.24) is 0 Å². The fourth-order valence-corrected chi connectivity index (χ4v) is 2.17. The second-order valence-corrected chi connectivity index (χ2v) is 3.49. The van der Waals surface area contributed by atoms with Gasteiger partial charge in [0.05, 0.1) is 5.60 Å². The molecular weight excluding hydrogens is 159 g/mol. The highest BCUT2D eigenvalue weighted by atomic mass is 28.2. The lowest BCUT2D eigenvalue weighted by Crippen LogP contribution is -2.32. The highest BCUT2D eigenvalue weighted by Crippen LogP contribution is 2.25. The van der Waals surface area contributed by atoms with Crippen LogP contribution in [0.25, 0.3) is 0 Å². The molecule has 0 aliphatic carbocycles. The van der Waals surface area contributed by atoms with Gasteiger partial charge in [0, 0.05) is 6.42 Å². The number of hydrogen-bond donors (Lipinski definition) is 0. The fourth-order valence-electron chi connectivity index (χ4n) is 1.42.